The number of ether oxygens (including phenoxy) is 1. The van der Waals surface area contributed by atoms with Crippen molar-refractivity contribution in [3.05, 3.63) is 82.7 Å². The second-order valence-corrected chi connectivity index (χ2v) is 9.24. The van der Waals surface area contributed by atoms with Crippen molar-refractivity contribution < 1.29 is 35.5 Å². The van der Waals surface area contributed by atoms with E-state index >= 15 is 0 Å². The summed E-state index contributed by atoms with van der Waals surface area (Å²) < 4.78 is 90.3. The lowest BCUT2D eigenvalue weighted by atomic mass is 9.89. The van der Waals surface area contributed by atoms with E-state index in [1.165, 1.54) is 19.1 Å². The molecule has 1 N–H and O–H groups in total. The first kappa shape index (κ1) is 19.2. The second-order valence-electron chi connectivity index (χ2n) is 9.24. The van der Waals surface area contributed by atoms with Crippen molar-refractivity contribution in [2.45, 2.75) is 51.8 Å². The average Bonchev–Trinajstić information content (AvgIpc) is 3.31. The van der Waals surface area contributed by atoms with Gasteiger partial charge in [0.15, 0.2) is 0 Å². The number of carbonyl (C=O) groups excluding carboxylic acids is 1. The molecule has 0 aliphatic carbocycles. The maximum absolute atomic E-state index is 13.2. The Morgan fingerprint density at radius 3 is 2.58 bits per heavy atom. The Kier molecular flexibility index (Phi) is 5.30. The van der Waals surface area contributed by atoms with Gasteiger partial charge in [-0.1, -0.05) is 30.3 Å². The third-order valence-corrected chi connectivity index (χ3v) is 6.70. The normalized spacial score (nSPS) is 23.1. The van der Waals surface area contributed by atoms with E-state index < -0.39 is 43.3 Å². The van der Waals surface area contributed by atoms with Crippen LogP contribution in [-0.4, -0.2) is 42.0 Å². The van der Waals surface area contributed by atoms with Crippen LogP contribution in [0.25, 0.3) is 0 Å². The predicted molar refractivity (Wildman–Crippen MR) is 140 cm³/mol. The molecule has 0 saturated carbocycles. The number of carbonyl (C=O) groups is 1. The number of anilines is 1. The zero-order valence-electron chi connectivity index (χ0n) is 26.6. The van der Waals surface area contributed by atoms with E-state index in [9.17, 15) is 18.0 Å². The van der Waals surface area contributed by atoms with E-state index in [2.05, 4.69) is 19.9 Å². The Morgan fingerprint density at radius 1 is 1.21 bits per heavy atom. The van der Waals surface area contributed by atoms with Crippen molar-refractivity contribution >= 4 is 23.6 Å². The number of amidine groups is 1. The number of benzene rings is 2. The van der Waals surface area contributed by atoms with Crippen LogP contribution in [0.3, 0.4) is 0 Å². The van der Waals surface area contributed by atoms with Gasteiger partial charge in [-0.15, -0.1) is 13.2 Å². The molecule has 1 amide bonds. The van der Waals surface area contributed by atoms with Crippen LogP contribution >= 0.6 is 0 Å². The van der Waals surface area contributed by atoms with Gasteiger partial charge in [0.1, 0.15) is 7.12 Å². The number of allylic oxidation sites excluding steroid dienone is 2. The monoisotopic (exact) mass is 529 g/mol. The van der Waals surface area contributed by atoms with Gasteiger partial charge >= 0.3 is 12.2 Å². The van der Waals surface area contributed by atoms with E-state index in [4.69, 9.17) is 8.22 Å². The first-order valence-corrected chi connectivity index (χ1v) is 12.2. The molecular formula is C29H30F3N4O2+. The van der Waals surface area contributed by atoms with Gasteiger partial charge in [0.25, 0.3) is 5.91 Å². The number of alkyl halides is 3. The Labute approximate surface area is 228 Å². The minimum absolute atomic E-state index is 0.0430. The Bertz CT molecular complexity index is 1570. The zero-order chi connectivity index (χ0) is 32.0. The fourth-order valence-corrected chi connectivity index (χ4v) is 4.81. The number of piperidine rings is 1. The molecule has 0 radical (unpaired) electrons. The highest BCUT2D eigenvalue weighted by Gasteiger charge is 2.36. The lowest BCUT2D eigenvalue weighted by molar-refractivity contribution is -0.337. The number of halogens is 3. The Hall–Kier alpha value is -3.88. The van der Waals surface area contributed by atoms with Crippen LogP contribution in [0.2, 0.25) is 0 Å². The minimum Gasteiger partial charge on any atom is -0.406 e. The van der Waals surface area contributed by atoms with Crippen LogP contribution in [0.15, 0.2) is 76.5 Å². The molecule has 1 fully saturated rings. The molecule has 0 bridgehead atoms. The van der Waals surface area contributed by atoms with Crippen LogP contribution in [0, 0.1) is 0 Å². The van der Waals surface area contributed by atoms with Gasteiger partial charge in [-0.2, -0.15) is 4.58 Å². The third kappa shape index (κ3) is 5.82. The molecule has 198 valence electrons. The second kappa shape index (κ2) is 10.5. The van der Waals surface area contributed by atoms with Crippen molar-refractivity contribution in [3.63, 3.8) is 0 Å². The smallest absolute Gasteiger partial charge is 0.406 e. The largest absolute Gasteiger partial charge is 0.573 e. The number of hydrogen-bond donors (Lipinski definition) is 1. The quantitative estimate of drug-likeness (QED) is 0.491. The molecule has 2 aromatic carbocycles. The lowest BCUT2D eigenvalue weighted by Gasteiger charge is -2.34. The molecule has 1 unspecified atom stereocenters. The summed E-state index contributed by atoms with van der Waals surface area (Å²) in [5.74, 6) is -0.639. The van der Waals surface area contributed by atoms with Gasteiger partial charge in [-0.3, -0.25) is 4.79 Å². The SMILES string of the molecule is [2H]C1=C(C([2H])([2H])[2H])C([2H])=[N+]2C(=NC(C)=C2C(=O)NCc2ccc(N3CCC(c4ccc(OC(F)(F)F)cc4)CC3)cc2)C1[2H]. The van der Waals surface area contributed by atoms with Crippen molar-refractivity contribution in [1.82, 2.24) is 5.32 Å². The molecule has 1 atom stereocenters. The standard InChI is InChI=1S/C29H29F3N4O2/c1-19-3-12-26-34-20(2)27(36(26)18-19)28(37)33-17-21-4-8-24(9-5-21)35-15-13-23(14-16-35)22-6-10-25(11-7-22)38-29(30,31)32/h3-11,18,23H,12-17H2,1-2H3/p+1/i1D3,3D,12D,18D. The Balaban J connectivity index is 1.18. The van der Waals surface area contributed by atoms with E-state index in [-0.39, 0.29) is 35.4 Å². The van der Waals surface area contributed by atoms with Crippen LogP contribution in [0.4, 0.5) is 18.9 Å². The summed E-state index contributed by atoms with van der Waals surface area (Å²) in [6, 6.07) is 13.1. The van der Waals surface area contributed by atoms with Crippen LogP contribution < -0.4 is 15.0 Å². The minimum atomic E-state index is -4.72. The van der Waals surface area contributed by atoms with Crippen molar-refractivity contribution in [3.8, 4) is 5.75 Å². The third-order valence-electron chi connectivity index (χ3n) is 6.70. The van der Waals surface area contributed by atoms with E-state index in [1.807, 2.05) is 24.3 Å². The van der Waals surface area contributed by atoms with Crippen LogP contribution in [0.1, 0.15) is 58.3 Å². The summed E-state index contributed by atoms with van der Waals surface area (Å²) in [5, 5.41) is 2.79. The number of hydrogen-bond acceptors (Lipinski definition) is 4. The zero-order valence-corrected chi connectivity index (χ0v) is 20.6. The van der Waals surface area contributed by atoms with Crippen molar-refractivity contribution in [2.75, 3.05) is 18.0 Å². The molecule has 5 rings (SSSR count). The summed E-state index contributed by atoms with van der Waals surface area (Å²) in [5.41, 5.74) is 2.38. The highest BCUT2D eigenvalue weighted by Crippen LogP contribution is 2.32. The summed E-state index contributed by atoms with van der Waals surface area (Å²) in [7, 11) is 0. The average molecular weight is 530 g/mol. The molecule has 1 saturated heterocycles. The fourth-order valence-electron chi connectivity index (χ4n) is 4.81. The molecular weight excluding hydrogens is 493 g/mol. The van der Waals surface area contributed by atoms with E-state index in [1.54, 1.807) is 12.1 Å². The summed E-state index contributed by atoms with van der Waals surface area (Å²) in [6.45, 7) is 0.424. The first-order valence-electron chi connectivity index (χ1n) is 15.3. The summed E-state index contributed by atoms with van der Waals surface area (Å²) in [4.78, 5) is 19.6. The molecule has 3 heterocycles. The number of aliphatic imine (C=N–C) groups is 1. The fraction of sp³-hybridized carbons (Fsp3) is 0.345. The number of nitrogens with one attached hydrogen (secondary N) is 1. The first-order chi connectivity index (χ1) is 20.6. The Morgan fingerprint density at radius 2 is 1.92 bits per heavy atom. The number of rotatable bonds is 6. The van der Waals surface area contributed by atoms with Gasteiger partial charge in [0.05, 0.1) is 14.0 Å². The molecule has 0 aromatic heterocycles. The number of fused-ring (bicyclic) bond motifs is 1. The molecule has 3 aliphatic heterocycles. The molecule has 3 aliphatic rings. The molecule has 2 aromatic rings. The summed E-state index contributed by atoms with van der Waals surface area (Å²) in [6.07, 6.45) is -5.04. The highest BCUT2D eigenvalue weighted by atomic mass is 19.4. The maximum atomic E-state index is 13.2. The van der Waals surface area contributed by atoms with Gasteiger partial charge in [0.2, 0.25) is 11.4 Å². The maximum Gasteiger partial charge on any atom is 0.573 e. The molecule has 38 heavy (non-hydrogen) atoms. The van der Waals surface area contributed by atoms with E-state index in [0.29, 0.717) is 0 Å². The van der Waals surface area contributed by atoms with Crippen LogP contribution in [0.5, 0.6) is 5.75 Å². The molecule has 9 heteroatoms. The van der Waals surface area contributed by atoms with Gasteiger partial charge in [0, 0.05) is 37.7 Å². The van der Waals surface area contributed by atoms with Crippen molar-refractivity contribution in [2.24, 2.45) is 4.99 Å². The highest BCUT2D eigenvalue weighted by molar-refractivity contribution is 6.00. The number of amides is 1. The number of nitrogens with zero attached hydrogens (tertiary/aromatic N) is 3. The van der Waals surface area contributed by atoms with Crippen LogP contribution in [-0.2, 0) is 11.3 Å². The van der Waals surface area contributed by atoms with Crippen molar-refractivity contribution in [1.29, 1.82) is 0 Å². The van der Waals surface area contributed by atoms with E-state index in [0.717, 1.165) is 47.3 Å². The molecule has 6 nitrogen and oxygen atoms in total. The van der Waals surface area contributed by atoms with Gasteiger partial charge < -0.3 is 15.0 Å². The van der Waals surface area contributed by atoms with Gasteiger partial charge in [-0.05, 0) is 71.6 Å². The predicted octanol–water partition coefficient (Wildman–Crippen LogP) is 5.66. The topological polar surface area (TPSA) is 56.9 Å². The lowest BCUT2D eigenvalue weighted by Crippen LogP contribution is -2.33. The molecule has 0 spiro atoms. The summed E-state index contributed by atoms with van der Waals surface area (Å²) >= 11 is 0. The van der Waals surface area contributed by atoms with Gasteiger partial charge in [-0.25, -0.2) is 0 Å².